The molecule has 1 aliphatic heterocycles. The standard InChI is InChI=1S/C8H12O2S2/c9-12(10)3-6-5-1-4(8(6)11)2-7(5)12/h4-8,11H,1-3H2. The van der Waals surface area contributed by atoms with Gasteiger partial charge in [0.15, 0.2) is 9.84 Å². The van der Waals surface area contributed by atoms with Gasteiger partial charge in [0.1, 0.15) is 0 Å². The van der Waals surface area contributed by atoms with E-state index < -0.39 is 9.84 Å². The first-order valence-electron chi connectivity index (χ1n) is 4.49. The minimum Gasteiger partial charge on any atom is -0.229 e. The molecule has 2 bridgehead atoms. The molecule has 2 saturated carbocycles. The largest absolute Gasteiger partial charge is 0.229 e. The molecule has 4 heteroatoms. The maximum atomic E-state index is 11.6. The summed E-state index contributed by atoms with van der Waals surface area (Å²) >= 11 is 4.51. The Morgan fingerprint density at radius 3 is 2.50 bits per heavy atom. The molecule has 1 heterocycles. The van der Waals surface area contributed by atoms with Gasteiger partial charge in [-0.1, -0.05) is 0 Å². The summed E-state index contributed by atoms with van der Waals surface area (Å²) in [6, 6.07) is 0. The smallest absolute Gasteiger partial charge is 0.153 e. The molecule has 3 fully saturated rings. The number of fused-ring (bicyclic) bond motifs is 1. The molecule has 3 rings (SSSR count). The summed E-state index contributed by atoms with van der Waals surface area (Å²) in [6.45, 7) is 0. The average molecular weight is 204 g/mol. The molecule has 0 aromatic rings. The Bertz CT molecular complexity index is 322. The van der Waals surface area contributed by atoms with Gasteiger partial charge in [0, 0.05) is 5.25 Å². The fourth-order valence-electron chi connectivity index (χ4n) is 3.43. The Morgan fingerprint density at radius 2 is 1.92 bits per heavy atom. The van der Waals surface area contributed by atoms with Crippen LogP contribution in [0.2, 0.25) is 0 Å². The van der Waals surface area contributed by atoms with Crippen molar-refractivity contribution < 1.29 is 8.42 Å². The molecule has 5 unspecified atom stereocenters. The van der Waals surface area contributed by atoms with E-state index in [1.54, 1.807) is 0 Å². The lowest BCUT2D eigenvalue weighted by atomic mass is 9.90. The first-order chi connectivity index (χ1) is 5.59. The predicted octanol–water partition coefficient (Wildman–Crippen LogP) is 0.738. The number of thiol groups is 1. The zero-order chi connectivity index (χ0) is 8.51. The zero-order valence-corrected chi connectivity index (χ0v) is 8.39. The van der Waals surface area contributed by atoms with Crippen molar-refractivity contribution in [3.05, 3.63) is 0 Å². The van der Waals surface area contributed by atoms with Crippen LogP contribution in [0, 0.1) is 17.8 Å². The first-order valence-corrected chi connectivity index (χ1v) is 6.72. The lowest BCUT2D eigenvalue weighted by Crippen LogP contribution is -2.25. The fourth-order valence-corrected chi connectivity index (χ4v) is 6.77. The van der Waals surface area contributed by atoms with Crippen LogP contribution in [0.5, 0.6) is 0 Å². The lowest BCUT2D eigenvalue weighted by Gasteiger charge is -2.21. The molecule has 5 atom stereocenters. The van der Waals surface area contributed by atoms with E-state index in [0.717, 1.165) is 12.8 Å². The highest BCUT2D eigenvalue weighted by molar-refractivity contribution is 7.92. The summed E-state index contributed by atoms with van der Waals surface area (Å²) in [7, 11) is -2.71. The quantitative estimate of drug-likeness (QED) is 0.590. The van der Waals surface area contributed by atoms with Gasteiger partial charge in [-0.25, -0.2) is 8.42 Å². The third kappa shape index (κ3) is 0.715. The Kier molecular flexibility index (Phi) is 1.30. The number of hydrogen-bond acceptors (Lipinski definition) is 3. The van der Waals surface area contributed by atoms with Gasteiger partial charge in [0.2, 0.25) is 0 Å². The predicted molar refractivity (Wildman–Crippen MR) is 50.1 cm³/mol. The molecule has 12 heavy (non-hydrogen) atoms. The lowest BCUT2D eigenvalue weighted by molar-refractivity contribution is 0.410. The average Bonchev–Trinajstić information content (AvgIpc) is 2.54. The van der Waals surface area contributed by atoms with E-state index in [1.165, 1.54) is 0 Å². The van der Waals surface area contributed by atoms with Crippen molar-refractivity contribution in [3.63, 3.8) is 0 Å². The van der Waals surface area contributed by atoms with Crippen molar-refractivity contribution in [1.29, 1.82) is 0 Å². The summed E-state index contributed by atoms with van der Waals surface area (Å²) in [5.74, 6) is 1.89. The first kappa shape index (κ1) is 7.68. The fraction of sp³-hybridized carbons (Fsp3) is 1.00. The summed E-state index contributed by atoms with van der Waals surface area (Å²) < 4.78 is 23.2. The third-order valence-corrected chi connectivity index (χ3v) is 7.06. The number of sulfone groups is 1. The van der Waals surface area contributed by atoms with Gasteiger partial charge in [0.25, 0.3) is 0 Å². The van der Waals surface area contributed by atoms with Gasteiger partial charge in [-0.2, -0.15) is 12.6 Å². The second kappa shape index (κ2) is 2.03. The van der Waals surface area contributed by atoms with E-state index in [9.17, 15) is 8.42 Å². The van der Waals surface area contributed by atoms with E-state index in [2.05, 4.69) is 12.6 Å². The van der Waals surface area contributed by atoms with E-state index >= 15 is 0 Å². The van der Waals surface area contributed by atoms with E-state index in [-0.39, 0.29) is 5.25 Å². The van der Waals surface area contributed by atoms with Gasteiger partial charge in [-0.15, -0.1) is 0 Å². The summed E-state index contributed by atoms with van der Waals surface area (Å²) in [5.41, 5.74) is 0. The summed E-state index contributed by atoms with van der Waals surface area (Å²) in [5, 5.41) is 0.402. The SMILES string of the molecule is O=S1(=O)CC2C(S)C3CC2C1C3. The second-order valence-electron chi connectivity index (χ2n) is 4.42. The highest BCUT2D eigenvalue weighted by Crippen LogP contribution is 2.57. The molecule has 0 aromatic carbocycles. The van der Waals surface area contributed by atoms with Crippen molar-refractivity contribution in [2.75, 3.05) is 5.75 Å². The van der Waals surface area contributed by atoms with Crippen molar-refractivity contribution in [2.45, 2.75) is 23.3 Å². The van der Waals surface area contributed by atoms with Gasteiger partial charge in [-0.3, -0.25) is 0 Å². The summed E-state index contributed by atoms with van der Waals surface area (Å²) in [4.78, 5) is 0. The monoisotopic (exact) mass is 204 g/mol. The molecule has 3 aliphatic rings. The Hall–Kier alpha value is 0.300. The molecular formula is C8H12O2S2. The topological polar surface area (TPSA) is 34.1 Å². The van der Waals surface area contributed by atoms with Crippen LogP contribution in [-0.4, -0.2) is 24.7 Å². The second-order valence-corrected chi connectivity index (χ2v) is 7.28. The molecule has 0 aromatic heterocycles. The molecule has 2 aliphatic carbocycles. The van der Waals surface area contributed by atoms with Crippen molar-refractivity contribution in [2.24, 2.45) is 17.8 Å². The van der Waals surface area contributed by atoms with E-state index in [4.69, 9.17) is 0 Å². The zero-order valence-electron chi connectivity index (χ0n) is 6.68. The molecular weight excluding hydrogens is 192 g/mol. The Morgan fingerprint density at radius 1 is 1.17 bits per heavy atom. The van der Waals surface area contributed by atoms with Crippen LogP contribution in [-0.2, 0) is 9.84 Å². The molecule has 0 amide bonds. The van der Waals surface area contributed by atoms with Crippen LogP contribution in [0.25, 0.3) is 0 Å². The van der Waals surface area contributed by atoms with Crippen LogP contribution >= 0.6 is 12.6 Å². The van der Waals surface area contributed by atoms with Crippen LogP contribution in [0.4, 0.5) is 0 Å². The van der Waals surface area contributed by atoms with Crippen molar-refractivity contribution in [3.8, 4) is 0 Å². The molecule has 0 radical (unpaired) electrons. The van der Waals surface area contributed by atoms with E-state index in [0.29, 0.717) is 28.8 Å². The van der Waals surface area contributed by atoms with Crippen molar-refractivity contribution >= 4 is 22.5 Å². The van der Waals surface area contributed by atoms with Gasteiger partial charge >= 0.3 is 0 Å². The van der Waals surface area contributed by atoms with Crippen LogP contribution in [0.1, 0.15) is 12.8 Å². The molecule has 0 N–H and O–H groups in total. The van der Waals surface area contributed by atoms with Crippen LogP contribution in [0.15, 0.2) is 0 Å². The van der Waals surface area contributed by atoms with Gasteiger partial charge < -0.3 is 0 Å². The van der Waals surface area contributed by atoms with E-state index in [1.807, 2.05) is 0 Å². The molecule has 0 spiro atoms. The maximum Gasteiger partial charge on any atom is 0.153 e. The molecule has 1 saturated heterocycles. The number of hydrogen-bond donors (Lipinski definition) is 1. The molecule has 2 nitrogen and oxygen atoms in total. The highest BCUT2D eigenvalue weighted by Gasteiger charge is 2.61. The van der Waals surface area contributed by atoms with Crippen molar-refractivity contribution in [1.82, 2.24) is 0 Å². The third-order valence-electron chi connectivity index (χ3n) is 3.95. The minimum absolute atomic E-state index is 0.0240. The number of rotatable bonds is 0. The minimum atomic E-state index is -2.71. The summed E-state index contributed by atoms with van der Waals surface area (Å²) in [6.07, 6.45) is 2.03. The highest BCUT2D eigenvalue weighted by atomic mass is 32.2. The van der Waals surface area contributed by atoms with Gasteiger partial charge in [-0.05, 0) is 30.6 Å². The Balaban J connectivity index is 2.11. The Labute approximate surface area is 78.1 Å². The van der Waals surface area contributed by atoms with Crippen LogP contribution in [0.3, 0.4) is 0 Å². The maximum absolute atomic E-state index is 11.6. The molecule has 68 valence electrons. The van der Waals surface area contributed by atoms with Crippen LogP contribution < -0.4 is 0 Å². The normalized spacial score (nSPS) is 59.6. The van der Waals surface area contributed by atoms with Gasteiger partial charge in [0.05, 0.1) is 11.0 Å².